The van der Waals surface area contributed by atoms with E-state index in [1.807, 2.05) is 0 Å². The number of amides is 1. The van der Waals surface area contributed by atoms with Crippen LogP contribution >= 0.6 is 0 Å². The number of hydrogen-bond donors (Lipinski definition) is 3. The van der Waals surface area contributed by atoms with Gasteiger partial charge in [-0.2, -0.15) is 0 Å². The Hall–Kier alpha value is -2.04. The lowest BCUT2D eigenvalue weighted by molar-refractivity contribution is 0.0945. The van der Waals surface area contributed by atoms with Crippen LogP contribution in [0.15, 0.2) is 24.3 Å². The van der Waals surface area contributed by atoms with Crippen molar-refractivity contribution in [2.75, 3.05) is 0 Å². The molecule has 0 radical (unpaired) electrons. The Balaban J connectivity index is 2.76. The second-order valence-electron chi connectivity index (χ2n) is 3.08. The minimum Gasteiger partial charge on any atom is -0.508 e. The van der Waals surface area contributed by atoms with E-state index in [0.29, 0.717) is 5.56 Å². The zero-order chi connectivity index (χ0) is 11.4. The number of Topliss-reactive ketones (excluding diaryl/α,β-unsaturated/α-hetero) is 1. The predicted molar refractivity (Wildman–Crippen MR) is 53.1 cm³/mol. The molecule has 1 unspecified atom stereocenters. The third-order valence-electron chi connectivity index (χ3n) is 1.89. The van der Waals surface area contributed by atoms with Gasteiger partial charge in [0.1, 0.15) is 5.75 Å². The van der Waals surface area contributed by atoms with Crippen LogP contribution in [0.2, 0.25) is 0 Å². The van der Waals surface area contributed by atoms with E-state index in [9.17, 15) is 9.59 Å². The van der Waals surface area contributed by atoms with Gasteiger partial charge in [-0.05, 0) is 31.2 Å². The first-order chi connectivity index (χ1) is 7.00. The molecule has 0 saturated carbocycles. The Kier molecular flexibility index (Phi) is 3.28. The van der Waals surface area contributed by atoms with E-state index in [4.69, 9.17) is 10.2 Å². The van der Waals surface area contributed by atoms with E-state index in [0.717, 1.165) is 0 Å². The number of aromatic hydroxyl groups is 1. The van der Waals surface area contributed by atoms with Crippen LogP contribution in [0.25, 0.3) is 0 Å². The molecule has 5 nitrogen and oxygen atoms in total. The third kappa shape index (κ3) is 2.98. The van der Waals surface area contributed by atoms with Gasteiger partial charge in [-0.3, -0.25) is 4.79 Å². The molecule has 0 fully saturated rings. The Morgan fingerprint density at radius 3 is 2.27 bits per heavy atom. The first-order valence-corrected chi connectivity index (χ1v) is 4.33. The molecule has 0 saturated heterocycles. The van der Waals surface area contributed by atoms with Gasteiger partial charge in [0.05, 0.1) is 6.04 Å². The Morgan fingerprint density at radius 2 is 1.80 bits per heavy atom. The minimum atomic E-state index is -1.24. The molecule has 1 aromatic rings. The van der Waals surface area contributed by atoms with Crippen molar-refractivity contribution in [3.63, 3.8) is 0 Å². The maximum Gasteiger partial charge on any atom is 0.405 e. The van der Waals surface area contributed by atoms with E-state index in [2.05, 4.69) is 5.32 Å². The summed E-state index contributed by atoms with van der Waals surface area (Å²) in [6.45, 7) is 1.46. The highest BCUT2D eigenvalue weighted by molar-refractivity contribution is 6.01. The molecule has 1 atom stereocenters. The summed E-state index contributed by atoms with van der Waals surface area (Å²) < 4.78 is 0. The summed E-state index contributed by atoms with van der Waals surface area (Å²) in [6.07, 6.45) is -1.24. The van der Waals surface area contributed by atoms with Gasteiger partial charge in [0.25, 0.3) is 0 Å². The second kappa shape index (κ2) is 4.45. The fourth-order valence-corrected chi connectivity index (χ4v) is 1.13. The third-order valence-corrected chi connectivity index (χ3v) is 1.89. The predicted octanol–water partition coefficient (Wildman–Crippen LogP) is 1.23. The van der Waals surface area contributed by atoms with Gasteiger partial charge >= 0.3 is 6.09 Å². The molecule has 80 valence electrons. The van der Waals surface area contributed by atoms with Crippen molar-refractivity contribution >= 4 is 11.9 Å². The molecule has 3 N–H and O–H groups in total. The zero-order valence-corrected chi connectivity index (χ0v) is 8.10. The van der Waals surface area contributed by atoms with Crippen molar-refractivity contribution in [2.45, 2.75) is 13.0 Å². The largest absolute Gasteiger partial charge is 0.508 e. The van der Waals surface area contributed by atoms with Gasteiger partial charge in [-0.1, -0.05) is 0 Å². The molecule has 0 aromatic heterocycles. The molecule has 0 aliphatic carbocycles. The van der Waals surface area contributed by atoms with Crippen molar-refractivity contribution in [1.29, 1.82) is 0 Å². The standard InChI is InChI=1S/C10H11NO4/c1-6(11-10(14)15)9(13)7-2-4-8(12)5-3-7/h2-6,11-12H,1H3,(H,14,15). The molecule has 5 heteroatoms. The van der Waals surface area contributed by atoms with Crippen LogP contribution in [-0.4, -0.2) is 28.1 Å². The smallest absolute Gasteiger partial charge is 0.405 e. The minimum absolute atomic E-state index is 0.0606. The van der Waals surface area contributed by atoms with Crippen molar-refractivity contribution in [1.82, 2.24) is 5.32 Å². The molecule has 0 spiro atoms. The number of hydrogen-bond acceptors (Lipinski definition) is 3. The average Bonchev–Trinajstić information content (AvgIpc) is 2.17. The van der Waals surface area contributed by atoms with Crippen LogP contribution in [0.5, 0.6) is 5.75 Å². The van der Waals surface area contributed by atoms with Crippen molar-refractivity contribution < 1.29 is 19.8 Å². The Labute approximate surface area is 86.4 Å². The normalized spacial score (nSPS) is 11.8. The van der Waals surface area contributed by atoms with E-state index < -0.39 is 12.1 Å². The monoisotopic (exact) mass is 209 g/mol. The summed E-state index contributed by atoms with van der Waals surface area (Å²) in [5.41, 5.74) is 0.356. The summed E-state index contributed by atoms with van der Waals surface area (Å²) in [5, 5.41) is 19.5. The number of nitrogens with one attached hydrogen (secondary N) is 1. The molecule has 1 amide bonds. The van der Waals surface area contributed by atoms with Gasteiger partial charge in [0.15, 0.2) is 5.78 Å². The molecule has 0 bridgehead atoms. The fraction of sp³-hybridized carbons (Fsp3) is 0.200. The van der Waals surface area contributed by atoms with Crippen molar-refractivity contribution in [3.05, 3.63) is 29.8 Å². The first kappa shape index (κ1) is 11.0. The van der Waals surface area contributed by atoms with Crippen LogP contribution < -0.4 is 5.32 Å². The SMILES string of the molecule is CC(NC(=O)O)C(=O)c1ccc(O)cc1. The van der Waals surface area contributed by atoms with Crippen LogP contribution in [0.4, 0.5) is 4.79 Å². The number of carboxylic acid groups (broad SMARTS) is 1. The lowest BCUT2D eigenvalue weighted by atomic mass is 10.1. The lowest BCUT2D eigenvalue weighted by Crippen LogP contribution is -2.37. The van der Waals surface area contributed by atoms with E-state index in [-0.39, 0.29) is 11.5 Å². The van der Waals surface area contributed by atoms with Gasteiger partial charge in [-0.25, -0.2) is 4.79 Å². The molecule has 1 aromatic carbocycles. The first-order valence-electron chi connectivity index (χ1n) is 4.33. The average molecular weight is 209 g/mol. The van der Waals surface area contributed by atoms with Crippen LogP contribution in [0, 0.1) is 0 Å². The van der Waals surface area contributed by atoms with E-state index >= 15 is 0 Å². The number of carbonyl (C=O) groups is 2. The lowest BCUT2D eigenvalue weighted by Gasteiger charge is -2.09. The number of ketones is 1. The molecular formula is C10H11NO4. The van der Waals surface area contributed by atoms with Gasteiger partial charge in [0.2, 0.25) is 0 Å². The highest BCUT2D eigenvalue weighted by Gasteiger charge is 2.16. The summed E-state index contributed by atoms with van der Waals surface area (Å²) >= 11 is 0. The highest BCUT2D eigenvalue weighted by Crippen LogP contribution is 2.11. The number of phenols is 1. The summed E-state index contributed by atoms with van der Waals surface area (Å²) in [5.74, 6) is -0.275. The summed E-state index contributed by atoms with van der Waals surface area (Å²) in [7, 11) is 0. The maximum absolute atomic E-state index is 11.6. The molecule has 15 heavy (non-hydrogen) atoms. The van der Waals surface area contributed by atoms with Gasteiger partial charge in [-0.15, -0.1) is 0 Å². The fourth-order valence-electron chi connectivity index (χ4n) is 1.13. The van der Waals surface area contributed by atoms with Crippen molar-refractivity contribution in [3.8, 4) is 5.75 Å². The molecule has 0 heterocycles. The number of carbonyl (C=O) groups excluding carboxylic acids is 1. The van der Waals surface area contributed by atoms with E-state index in [1.54, 1.807) is 0 Å². The van der Waals surface area contributed by atoms with Crippen LogP contribution in [0.1, 0.15) is 17.3 Å². The van der Waals surface area contributed by atoms with Gasteiger partial charge in [0, 0.05) is 5.56 Å². The second-order valence-corrected chi connectivity index (χ2v) is 3.08. The number of phenolic OH excluding ortho intramolecular Hbond substituents is 1. The molecule has 0 aliphatic rings. The van der Waals surface area contributed by atoms with E-state index in [1.165, 1.54) is 31.2 Å². The highest BCUT2D eigenvalue weighted by atomic mass is 16.4. The Morgan fingerprint density at radius 1 is 1.27 bits per heavy atom. The quantitative estimate of drug-likeness (QED) is 0.653. The maximum atomic E-state index is 11.6. The topological polar surface area (TPSA) is 86.6 Å². The molecule has 1 rings (SSSR count). The summed E-state index contributed by atoms with van der Waals surface area (Å²) in [4.78, 5) is 21.9. The Bertz CT molecular complexity index is 372. The molecular weight excluding hydrogens is 198 g/mol. The number of rotatable bonds is 3. The molecule has 0 aliphatic heterocycles. The van der Waals surface area contributed by atoms with Gasteiger partial charge < -0.3 is 15.5 Å². The number of benzene rings is 1. The summed E-state index contributed by atoms with van der Waals surface area (Å²) in [6, 6.07) is 4.84. The van der Waals surface area contributed by atoms with Crippen LogP contribution in [0.3, 0.4) is 0 Å². The van der Waals surface area contributed by atoms with Crippen LogP contribution in [-0.2, 0) is 0 Å². The van der Waals surface area contributed by atoms with Crippen molar-refractivity contribution in [2.24, 2.45) is 0 Å². The zero-order valence-electron chi connectivity index (χ0n) is 8.10.